The van der Waals surface area contributed by atoms with Gasteiger partial charge < -0.3 is 15.4 Å². The minimum atomic E-state index is -0.525. The molecule has 2 rings (SSSR count). The number of halogens is 1. The lowest BCUT2D eigenvalue weighted by Gasteiger charge is -2.04. The van der Waals surface area contributed by atoms with Gasteiger partial charge in [-0.1, -0.05) is 0 Å². The third-order valence-corrected chi connectivity index (χ3v) is 2.95. The first kappa shape index (κ1) is 13.5. The van der Waals surface area contributed by atoms with Crippen molar-refractivity contribution in [2.45, 2.75) is 13.5 Å². The topological polar surface area (TPSA) is 85.9 Å². The highest BCUT2D eigenvalue weighted by Gasteiger charge is 2.18. The van der Waals surface area contributed by atoms with Crippen LogP contribution in [0.5, 0.6) is 0 Å². The van der Waals surface area contributed by atoms with Gasteiger partial charge in [0.05, 0.1) is 17.0 Å². The molecule has 0 spiro atoms. The van der Waals surface area contributed by atoms with Crippen molar-refractivity contribution in [3.8, 4) is 0 Å². The highest BCUT2D eigenvalue weighted by molar-refractivity contribution is 9.10. The van der Waals surface area contributed by atoms with Crippen LogP contribution in [0.25, 0.3) is 0 Å². The third-order valence-electron chi connectivity index (χ3n) is 2.39. The Kier molecular flexibility index (Phi) is 4.10. The number of nitrogens with one attached hydrogen (secondary N) is 1. The van der Waals surface area contributed by atoms with E-state index >= 15 is 0 Å². The summed E-state index contributed by atoms with van der Waals surface area (Å²) < 4.78 is 1.85. The van der Waals surface area contributed by atoms with Gasteiger partial charge in [0.1, 0.15) is 11.0 Å². The summed E-state index contributed by atoms with van der Waals surface area (Å²) in [4.78, 5) is 14.4. The van der Waals surface area contributed by atoms with Crippen LogP contribution < -0.4 is 5.32 Å². The van der Waals surface area contributed by atoms with E-state index in [1.54, 1.807) is 12.4 Å². The molecule has 0 bridgehead atoms. The first-order valence-electron chi connectivity index (χ1n) is 5.66. The second kappa shape index (κ2) is 5.79. The molecule has 19 heavy (non-hydrogen) atoms. The van der Waals surface area contributed by atoms with Crippen LogP contribution in [0.1, 0.15) is 12.6 Å². The van der Waals surface area contributed by atoms with Crippen LogP contribution in [-0.4, -0.2) is 26.2 Å². The molecule has 0 saturated carbocycles. The van der Waals surface area contributed by atoms with Crippen molar-refractivity contribution in [1.82, 2.24) is 14.8 Å². The summed E-state index contributed by atoms with van der Waals surface area (Å²) >= 11 is 3.11. The number of hydrogen-bond donors (Lipinski definition) is 1. The predicted octanol–water partition coefficient (Wildman–Crippen LogP) is 2.43. The van der Waals surface area contributed by atoms with E-state index in [-0.39, 0.29) is 5.82 Å². The van der Waals surface area contributed by atoms with Gasteiger partial charge in [0.25, 0.3) is 0 Å². The summed E-state index contributed by atoms with van der Waals surface area (Å²) in [6, 6.07) is 3.76. The van der Waals surface area contributed by atoms with Crippen LogP contribution in [-0.2, 0) is 6.54 Å². The Bertz CT molecular complexity index is 599. The molecular formula is C11H12BrN5O2. The lowest BCUT2D eigenvalue weighted by Crippen LogP contribution is -2.04. The van der Waals surface area contributed by atoms with Gasteiger partial charge in [0.15, 0.2) is 0 Å². The molecule has 0 amide bonds. The van der Waals surface area contributed by atoms with E-state index in [4.69, 9.17) is 0 Å². The van der Waals surface area contributed by atoms with Gasteiger partial charge in [-0.15, -0.1) is 0 Å². The lowest BCUT2D eigenvalue weighted by atomic mass is 10.3. The summed E-state index contributed by atoms with van der Waals surface area (Å²) in [5, 5.41) is 17.8. The van der Waals surface area contributed by atoms with Crippen molar-refractivity contribution in [1.29, 1.82) is 0 Å². The number of pyridine rings is 1. The van der Waals surface area contributed by atoms with E-state index in [1.165, 1.54) is 4.68 Å². The van der Waals surface area contributed by atoms with Gasteiger partial charge in [0.2, 0.25) is 0 Å². The highest BCUT2D eigenvalue weighted by atomic mass is 79.9. The number of rotatable bonds is 5. The largest absolute Gasteiger partial charge is 0.404 e. The Labute approximate surface area is 117 Å². The van der Waals surface area contributed by atoms with Crippen molar-refractivity contribution in [2.75, 3.05) is 11.9 Å². The van der Waals surface area contributed by atoms with Crippen molar-refractivity contribution < 1.29 is 4.92 Å². The van der Waals surface area contributed by atoms with Gasteiger partial charge in [-0.3, -0.25) is 4.98 Å². The molecule has 0 aliphatic heterocycles. The Morgan fingerprint density at radius 3 is 3.00 bits per heavy atom. The van der Waals surface area contributed by atoms with E-state index in [2.05, 4.69) is 31.3 Å². The molecule has 100 valence electrons. The summed E-state index contributed by atoms with van der Waals surface area (Å²) in [5.74, 6) is -0.192. The lowest BCUT2D eigenvalue weighted by molar-refractivity contribution is -0.390. The van der Waals surface area contributed by atoms with E-state index in [0.717, 1.165) is 17.9 Å². The average Bonchev–Trinajstić information content (AvgIpc) is 2.71. The quantitative estimate of drug-likeness (QED) is 0.674. The normalized spacial score (nSPS) is 10.4. The zero-order valence-electron chi connectivity index (χ0n) is 10.2. The molecule has 0 fully saturated rings. The summed E-state index contributed by atoms with van der Waals surface area (Å²) in [6.45, 7) is 3.21. The molecule has 0 saturated heterocycles. The van der Waals surface area contributed by atoms with Crippen molar-refractivity contribution >= 4 is 27.4 Å². The molecule has 2 aromatic heterocycles. The third kappa shape index (κ3) is 3.28. The van der Waals surface area contributed by atoms with Crippen molar-refractivity contribution in [3.63, 3.8) is 0 Å². The molecular weight excluding hydrogens is 314 g/mol. The van der Waals surface area contributed by atoms with Gasteiger partial charge >= 0.3 is 5.82 Å². The first-order chi connectivity index (χ1) is 9.10. The minimum Gasteiger partial charge on any atom is -0.385 e. The Morgan fingerprint density at radius 1 is 1.58 bits per heavy atom. The predicted molar refractivity (Wildman–Crippen MR) is 74.1 cm³/mol. The fraction of sp³-hybridized carbons (Fsp3) is 0.273. The van der Waals surface area contributed by atoms with Crippen molar-refractivity contribution in [3.05, 3.63) is 44.8 Å². The van der Waals surface area contributed by atoms with Crippen molar-refractivity contribution in [2.24, 2.45) is 0 Å². The van der Waals surface area contributed by atoms with Gasteiger partial charge in [0, 0.05) is 18.4 Å². The summed E-state index contributed by atoms with van der Waals surface area (Å²) in [7, 11) is 0. The van der Waals surface area contributed by atoms with Crippen LogP contribution in [0.3, 0.4) is 0 Å². The molecule has 8 heteroatoms. The number of nitrogens with zero attached hydrogens (tertiary/aromatic N) is 4. The second-order valence-electron chi connectivity index (χ2n) is 3.82. The van der Waals surface area contributed by atoms with Crippen LogP contribution in [0.15, 0.2) is 29.0 Å². The summed E-state index contributed by atoms with van der Waals surface area (Å²) in [6.07, 6.45) is 3.26. The Hall–Kier alpha value is -1.96. The average molecular weight is 326 g/mol. The number of nitro groups is 1. The van der Waals surface area contributed by atoms with Crippen LogP contribution >= 0.6 is 15.9 Å². The van der Waals surface area contributed by atoms with E-state index in [1.807, 2.05) is 19.1 Å². The zero-order chi connectivity index (χ0) is 13.8. The number of anilines is 1. The number of aromatic nitrogens is 3. The maximum atomic E-state index is 10.7. The highest BCUT2D eigenvalue weighted by Crippen LogP contribution is 2.22. The fourth-order valence-electron chi connectivity index (χ4n) is 1.64. The van der Waals surface area contributed by atoms with E-state index < -0.39 is 4.92 Å². The molecule has 1 N–H and O–H groups in total. The maximum absolute atomic E-state index is 10.7. The van der Waals surface area contributed by atoms with Crippen LogP contribution in [0.2, 0.25) is 0 Å². The molecule has 0 aliphatic rings. The molecule has 2 heterocycles. The Balaban J connectivity index is 2.19. The van der Waals surface area contributed by atoms with Crippen LogP contribution in [0, 0.1) is 10.1 Å². The summed E-state index contributed by atoms with van der Waals surface area (Å²) in [5.41, 5.74) is 1.75. The zero-order valence-corrected chi connectivity index (χ0v) is 11.8. The SMILES string of the molecule is CCNc1ccnc(Cn2cc(Br)c([N+](=O)[O-])n2)c1. The van der Waals surface area contributed by atoms with Gasteiger partial charge in [-0.25, -0.2) is 0 Å². The molecule has 0 aliphatic carbocycles. The van der Waals surface area contributed by atoms with Crippen LogP contribution in [0.4, 0.5) is 11.5 Å². The molecule has 0 aromatic carbocycles. The molecule has 2 aromatic rings. The standard InChI is InChI=1S/C11H12BrN5O2/c1-2-13-8-3-4-14-9(5-8)6-16-7-10(12)11(15-16)17(18)19/h3-5,7H,2,6H2,1H3,(H,13,14). The maximum Gasteiger partial charge on any atom is 0.404 e. The first-order valence-corrected chi connectivity index (χ1v) is 6.45. The molecule has 7 nitrogen and oxygen atoms in total. The van der Waals surface area contributed by atoms with E-state index in [0.29, 0.717) is 11.0 Å². The molecule has 0 radical (unpaired) electrons. The van der Waals surface area contributed by atoms with Gasteiger partial charge in [-0.05, 0) is 39.9 Å². The fourth-order valence-corrected chi connectivity index (χ4v) is 2.10. The molecule has 0 atom stereocenters. The minimum absolute atomic E-state index is 0.192. The number of hydrogen-bond acceptors (Lipinski definition) is 5. The second-order valence-corrected chi connectivity index (χ2v) is 4.68. The monoisotopic (exact) mass is 325 g/mol. The van der Waals surface area contributed by atoms with E-state index in [9.17, 15) is 10.1 Å². The van der Waals surface area contributed by atoms with Gasteiger partial charge in [-0.2, -0.15) is 4.68 Å². The molecule has 0 unspecified atom stereocenters. The Morgan fingerprint density at radius 2 is 2.37 bits per heavy atom. The smallest absolute Gasteiger partial charge is 0.385 e.